The first kappa shape index (κ1) is 20.3. The molecule has 10 heteroatoms. The van der Waals surface area contributed by atoms with E-state index >= 15 is 0 Å². The number of anilines is 2. The molecule has 9 nitrogen and oxygen atoms in total. The molecule has 168 valence electrons. The molecule has 1 spiro atoms. The van der Waals surface area contributed by atoms with Crippen molar-refractivity contribution in [3.05, 3.63) is 62.7 Å². The van der Waals surface area contributed by atoms with Gasteiger partial charge in [0.1, 0.15) is 5.54 Å². The molecule has 4 aliphatic rings. The van der Waals surface area contributed by atoms with Crippen LogP contribution in [0.1, 0.15) is 24.0 Å². The minimum atomic E-state index is -1.28. The lowest BCUT2D eigenvalue weighted by Crippen LogP contribution is -2.54. The molecule has 0 aliphatic carbocycles. The third kappa shape index (κ3) is 2.33. The molecule has 33 heavy (non-hydrogen) atoms. The van der Waals surface area contributed by atoms with Crippen molar-refractivity contribution in [3.8, 4) is 0 Å². The lowest BCUT2D eigenvalue weighted by molar-refractivity contribution is -0.384. The van der Waals surface area contributed by atoms with E-state index in [2.05, 4.69) is 5.32 Å². The molecule has 6 rings (SSSR count). The number of halogens is 1. The molecule has 3 amide bonds. The molecular formula is C23H19ClN4O5. The first-order valence-electron chi connectivity index (χ1n) is 10.8. The summed E-state index contributed by atoms with van der Waals surface area (Å²) in [5.41, 5.74) is 0.873. The van der Waals surface area contributed by atoms with E-state index in [1.807, 2.05) is 11.8 Å². The van der Waals surface area contributed by atoms with Gasteiger partial charge in [0.15, 0.2) is 0 Å². The summed E-state index contributed by atoms with van der Waals surface area (Å²) in [6, 6.07) is 8.62. The smallest absolute Gasteiger partial charge is 0.269 e. The zero-order valence-corrected chi connectivity index (χ0v) is 18.3. The molecule has 0 unspecified atom stereocenters. The molecule has 4 aliphatic heterocycles. The van der Waals surface area contributed by atoms with Crippen LogP contribution in [-0.2, 0) is 19.9 Å². The van der Waals surface area contributed by atoms with Gasteiger partial charge in [-0.05, 0) is 50.1 Å². The van der Waals surface area contributed by atoms with Crippen LogP contribution in [0.4, 0.5) is 17.1 Å². The molecule has 0 radical (unpaired) electrons. The second kappa shape index (κ2) is 6.61. The number of nitro benzene ring substituents is 1. The summed E-state index contributed by atoms with van der Waals surface area (Å²) in [6.45, 7) is 2.43. The number of hydrogen-bond donors (Lipinski definition) is 1. The predicted molar refractivity (Wildman–Crippen MR) is 119 cm³/mol. The number of benzene rings is 2. The number of carbonyl (C=O) groups is 3. The monoisotopic (exact) mass is 466 g/mol. The average molecular weight is 467 g/mol. The van der Waals surface area contributed by atoms with Crippen LogP contribution < -0.4 is 10.2 Å². The minimum Gasteiger partial charge on any atom is -0.324 e. The highest BCUT2D eigenvalue weighted by atomic mass is 35.5. The normalized spacial score (nSPS) is 30.1. The van der Waals surface area contributed by atoms with Crippen LogP contribution in [0.5, 0.6) is 0 Å². The van der Waals surface area contributed by atoms with Crippen LogP contribution >= 0.6 is 11.6 Å². The van der Waals surface area contributed by atoms with Gasteiger partial charge in [0.2, 0.25) is 17.7 Å². The van der Waals surface area contributed by atoms with E-state index in [0.29, 0.717) is 29.2 Å². The highest BCUT2D eigenvalue weighted by Gasteiger charge is 2.74. The van der Waals surface area contributed by atoms with E-state index in [1.54, 1.807) is 12.1 Å². The van der Waals surface area contributed by atoms with Gasteiger partial charge in [-0.2, -0.15) is 0 Å². The Hall–Kier alpha value is -3.30. The summed E-state index contributed by atoms with van der Waals surface area (Å²) in [6.07, 6.45) is 1.54. The number of fused-ring (bicyclic) bond motifs is 7. The Morgan fingerprint density at radius 3 is 2.55 bits per heavy atom. The van der Waals surface area contributed by atoms with Crippen LogP contribution in [0.25, 0.3) is 0 Å². The fraction of sp³-hybridized carbons (Fsp3) is 0.348. The molecule has 3 saturated heterocycles. The van der Waals surface area contributed by atoms with Crippen molar-refractivity contribution < 1.29 is 19.3 Å². The van der Waals surface area contributed by atoms with Crippen LogP contribution in [0.15, 0.2) is 36.4 Å². The van der Waals surface area contributed by atoms with Crippen LogP contribution in [0.3, 0.4) is 0 Å². The number of hydrogen-bond acceptors (Lipinski definition) is 6. The van der Waals surface area contributed by atoms with Gasteiger partial charge in [0, 0.05) is 28.8 Å². The number of amides is 3. The largest absolute Gasteiger partial charge is 0.324 e. The van der Waals surface area contributed by atoms with E-state index in [9.17, 15) is 24.5 Å². The lowest BCUT2D eigenvalue weighted by Gasteiger charge is -2.36. The minimum absolute atomic E-state index is 0.132. The van der Waals surface area contributed by atoms with Crippen LogP contribution in [0, 0.1) is 28.9 Å². The van der Waals surface area contributed by atoms with Crippen molar-refractivity contribution in [1.82, 2.24) is 4.90 Å². The van der Waals surface area contributed by atoms with Crippen LogP contribution in [-0.4, -0.2) is 40.1 Å². The Morgan fingerprint density at radius 1 is 1.12 bits per heavy atom. The first-order chi connectivity index (χ1) is 15.8. The molecule has 4 atom stereocenters. The molecule has 0 saturated carbocycles. The van der Waals surface area contributed by atoms with Gasteiger partial charge in [-0.15, -0.1) is 0 Å². The number of nitro groups is 1. The van der Waals surface area contributed by atoms with E-state index in [-0.39, 0.29) is 29.2 Å². The van der Waals surface area contributed by atoms with E-state index in [1.165, 1.54) is 24.3 Å². The second-order valence-electron chi connectivity index (χ2n) is 9.01. The molecule has 0 bridgehead atoms. The lowest BCUT2D eigenvalue weighted by atomic mass is 9.75. The van der Waals surface area contributed by atoms with Crippen molar-refractivity contribution in [2.45, 2.75) is 31.3 Å². The van der Waals surface area contributed by atoms with Crippen molar-refractivity contribution in [1.29, 1.82) is 0 Å². The summed E-state index contributed by atoms with van der Waals surface area (Å²) in [4.78, 5) is 54.8. The van der Waals surface area contributed by atoms with Crippen molar-refractivity contribution in [2.75, 3.05) is 16.8 Å². The maximum absolute atomic E-state index is 13.9. The van der Waals surface area contributed by atoms with Gasteiger partial charge >= 0.3 is 0 Å². The Morgan fingerprint density at radius 2 is 1.85 bits per heavy atom. The van der Waals surface area contributed by atoms with Gasteiger partial charge in [0.25, 0.3) is 5.69 Å². The van der Waals surface area contributed by atoms with Crippen LogP contribution in [0.2, 0.25) is 5.02 Å². The van der Waals surface area contributed by atoms with E-state index in [4.69, 9.17) is 11.6 Å². The summed E-state index contributed by atoms with van der Waals surface area (Å²) in [5.74, 6) is -2.67. The molecular weight excluding hydrogens is 448 g/mol. The maximum atomic E-state index is 13.9. The Bertz CT molecular complexity index is 1280. The molecule has 3 fully saturated rings. The molecule has 0 aromatic heterocycles. The molecule has 4 heterocycles. The number of imide groups is 1. The van der Waals surface area contributed by atoms with Gasteiger partial charge in [-0.1, -0.05) is 17.7 Å². The summed E-state index contributed by atoms with van der Waals surface area (Å²) in [5, 5.41) is 14.5. The summed E-state index contributed by atoms with van der Waals surface area (Å²) >= 11 is 6.31. The Labute approximate surface area is 193 Å². The number of rotatable bonds is 2. The van der Waals surface area contributed by atoms with Crippen molar-refractivity contribution in [3.63, 3.8) is 0 Å². The standard InChI is InChI=1S/C23H19ClN4O5/c1-11-15(24)9-8-14-19(11)25-22(31)23(14)18-17(16-3-2-10-26(16)23)20(29)27(21(18)30)12-4-6-13(7-5-12)28(32)33/h4-9,16-18H,2-3,10H2,1H3,(H,25,31)/t16-,17-,18-,23+/m1/s1. The number of nitrogens with one attached hydrogen (secondary N) is 1. The highest BCUT2D eigenvalue weighted by molar-refractivity contribution is 6.32. The van der Waals surface area contributed by atoms with E-state index < -0.39 is 28.2 Å². The number of non-ortho nitro benzene ring substituents is 1. The summed E-state index contributed by atoms with van der Waals surface area (Å²) < 4.78 is 0. The number of nitrogens with zero attached hydrogens (tertiary/aromatic N) is 3. The fourth-order valence-electron chi connectivity index (χ4n) is 6.37. The van der Waals surface area contributed by atoms with Gasteiger partial charge in [-0.3, -0.25) is 29.4 Å². The quantitative estimate of drug-likeness (QED) is 0.413. The third-order valence-electron chi connectivity index (χ3n) is 7.68. The van der Waals surface area contributed by atoms with E-state index in [0.717, 1.165) is 16.9 Å². The Balaban J connectivity index is 1.52. The van der Waals surface area contributed by atoms with Gasteiger partial charge in [0.05, 0.1) is 28.1 Å². The summed E-state index contributed by atoms with van der Waals surface area (Å²) in [7, 11) is 0. The second-order valence-corrected chi connectivity index (χ2v) is 9.41. The molecule has 2 aromatic rings. The molecule has 2 aromatic carbocycles. The third-order valence-corrected chi connectivity index (χ3v) is 8.09. The van der Waals surface area contributed by atoms with Gasteiger partial charge < -0.3 is 5.32 Å². The maximum Gasteiger partial charge on any atom is 0.269 e. The fourth-order valence-corrected chi connectivity index (χ4v) is 6.53. The Kier molecular flexibility index (Phi) is 4.07. The SMILES string of the molecule is Cc1c(Cl)ccc2c1NC(=O)[C@@]21[C@H]2C(=O)N(c3ccc([N+](=O)[O-])cc3)C(=O)[C@@H]2[C@H]2CCCN21. The van der Waals surface area contributed by atoms with Crippen molar-refractivity contribution >= 4 is 46.4 Å². The van der Waals surface area contributed by atoms with Crippen molar-refractivity contribution in [2.24, 2.45) is 11.8 Å². The first-order valence-corrected chi connectivity index (χ1v) is 11.2. The topological polar surface area (TPSA) is 113 Å². The number of carbonyl (C=O) groups excluding carboxylic acids is 3. The molecule has 1 N–H and O–H groups in total. The predicted octanol–water partition coefficient (Wildman–Crippen LogP) is 2.99. The van der Waals surface area contributed by atoms with Gasteiger partial charge in [-0.25, -0.2) is 4.90 Å². The average Bonchev–Trinajstić information content (AvgIpc) is 3.50. The highest BCUT2D eigenvalue weighted by Crippen LogP contribution is 2.61. The zero-order chi connectivity index (χ0) is 23.2. The zero-order valence-electron chi connectivity index (χ0n) is 17.6.